The second-order valence-corrected chi connectivity index (χ2v) is 10.4. The van der Waals surface area contributed by atoms with Crippen LogP contribution in [0.15, 0.2) is 16.9 Å². The number of pyridine rings is 1. The zero-order chi connectivity index (χ0) is 26.1. The third-order valence-electron chi connectivity index (χ3n) is 7.34. The van der Waals surface area contributed by atoms with Gasteiger partial charge in [0.05, 0.1) is 23.2 Å². The van der Waals surface area contributed by atoms with Crippen LogP contribution in [0.3, 0.4) is 0 Å². The molecule has 2 aliphatic rings. The Labute approximate surface area is 220 Å². The summed E-state index contributed by atoms with van der Waals surface area (Å²) in [4.78, 5) is 44.1. The average molecular weight is 536 g/mol. The number of rotatable bonds is 6. The summed E-state index contributed by atoms with van der Waals surface area (Å²) in [6.07, 6.45) is 1.47. The second-order valence-electron chi connectivity index (χ2n) is 9.57. The van der Waals surface area contributed by atoms with Crippen LogP contribution in [0.1, 0.15) is 57.3 Å². The van der Waals surface area contributed by atoms with Crippen LogP contribution >= 0.6 is 23.2 Å². The van der Waals surface area contributed by atoms with Gasteiger partial charge in [0.25, 0.3) is 11.5 Å². The number of hydrogen-bond donors (Lipinski definition) is 2. The van der Waals surface area contributed by atoms with Crippen LogP contribution in [0.2, 0.25) is 10.0 Å². The molecule has 1 atom stereocenters. The van der Waals surface area contributed by atoms with Gasteiger partial charge in [-0.3, -0.25) is 14.4 Å². The Morgan fingerprint density at radius 3 is 2.50 bits per heavy atom. The number of nitrogens with zero attached hydrogens (tertiary/aromatic N) is 2. The summed E-state index contributed by atoms with van der Waals surface area (Å²) >= 11 is 13.6. The van der Waals surface area contributed by atoms with Crippen LogP contribution in [0, 0.1) is 19.8 Å². The molecule has 0 spiro atoms. The number of aromatic nitrogens is 1. The van der Waals surface area contributed by atoms with Gasteiger partial charge in [-0.1, -0.05) is 23.2 Å². The first-order valence-corrected chi connectivity index (χ1v) is 12.8. The number of carbonyl (C=O) groups excluding carboxylic acids is 2. The van der Waals surface area contributed by atoms with Gasteiger partial charge in [0.1, 0.15) is 6.61 Å². The number of likely N-dealkylation sites (tertiary alicyclic amines) is 1. The number of aromatic amines is 1. The van der Waals surface area contributed by atoms with Crippen LogP contribution in [0.4, 0.5) is 0 Å². The molecule has 4 rings (SSSR count). The van der Waals surface area contributed by atoms with Crippen molar-refractivity contribution in [3.63, 3.8) is 0 Å². The molecular weight excluding hydrogens is 505 g/mol. The maximum atomic E-state index is 13.6. The van der Waals surface area contributed by atoms with Crippen molar-refractivity contribution in [3.8, 4) is 0 Å². The van der Waals surface area contributed by atoms with Crippen molar-refractivity contribution in [2.45, 2.75) is 45.8 Å². The Kier molecular flexibility index (Phi) is 8.09. The van der Waals surface area contributed by atoms with Gasteiger partial charge in [0.15, 0.2) is 0 Å². The molecular formula is C26H31Cl2N3O5. The van der Waals surface area contributed by atoms with Crippen molar-refractivity contribution in [1.29, 1.82) is 0 Å². The molecule has 0 bridgehead atoms. The first kappa shape index (κ1) is 26.7. The number of ether oxygens (including phenoxy) is 1. The summed E-state index contributed by atoms with van der Waals surface area (Å²) in [6.45, 7) is 4.82. The predicted octanol–water partition coefficient (Wildman–Crippen LogP) is 3.42. The fourth-order valence-corrected chi connectivity index (χ4v) is 6.07. The first-order chi connectivity index (χ1) is 17.2. The molecule has 0 aliphatic carbocycles. The molecule has 10 heteroatoms. The molecule has 1 fully saturated rings. The quantitative estimate of drug-likeness (QED) is 0.589. The Morgan fingerprint density at radius 2 is 1.89 bits per heavy atom. The van der Waals surface area contributed by atoms with E-state index in [0.717, 1.165) is 11.3 Å². The number of aryl methyl sites for hydroxylation is 2. The number of halogens is 2. The van der Waals surface area contributed by atoms with Gasteiger partial charge in [-0.25, -0.2) is 0 Å². The van der Waals surface area contributed by atoms with Crippen molar-refractivity contribution in [3.05, 3.63) is 66.0 Å². The highest BCUT2D eigenvalue weighted by Gasteiger charge is 2.35. The normalized spacial score (nSPS) is 17.3. The number of H-pyrrole nitrogens is 1. The smallest absolute Gasteiger partial charge is 0.256 e. The van der Waals surface area contributed by atoms with E-state index in [1.807, 2.05) is 19.9 Å². The predicted molar refractivity (Wildman–Crippen MR) is 138 cm³/mol. The summed E-state index contributed by atoms with van der Waals surface area (Å²) in [6, 6.07) is 3.68. The van der Waals surface area contributed by atoms with Crippen LogP contribution in [0.5, 0.6) is 0 Å². The van der Waals surface area contributed by atoms with E-state index in [4.69, 9.17) is 33.0 Å². The molecule has 8 nitrogen and oxygen atoms in total. The summed E-state index contributed by atoms with van der Waals surface area (Å²) in [5.41, 5.74) is 3.67. The van der Waals surface area contributed by atoms with E-state index >= 15 is 0 Å². The summed E-state index contributed by atoms with van der Waals surface area (Å²) < 4.78 is 5.86. The van der Waals surface area contributed by atoms with E-state index in [1.165, 1.54) is 0 Å². The highest BCUT2D eigenvalue weighted by Crippen LogP contribution is 2.42. The van der Waals surface area contributed by atoms with Gasteiger partial charge >= 0.3 is 0 Å². The van der Waals surface area contributed by atoms with E-state index < -0.39 is 12.7 Å². The summed E-state index contributed by atoms with van der Waals surface area (Å²) in [5, 5.41) is 9.93. The lowest BCUT2D eigenvalue weighted by molar-refractivity contribution is -0.136. The van der Waals surface area contributed by atoms with Crippen molar-refractivity contribution in [1.82, 2.24) is 14.8 Å². The maximum Gasteiger partial charge on any atom is 0.256 e. The lowest BCUT2D eigenvalue weighted by atomic mass is 9.85. The molecule has 2 amide bonds. The molecule has 194 valence electrons. The molecule has 0 radical (unpaired) electrons. The SMILES string of the molecule is COC(c1cc(Cl)c2c(c1Cl)C(=O)N(Cc1c(C)cc(C)[nH]c1=O)CC2)C1CCN(C(=O)CO)CC1. The van der Waals surface area contributed by atoms with E-state index in [-0.39, 0.29) is 29.8 Å². The zero-order valence-corrected chi connectivity index (χ0v) is 22.2. The van der Waals surface area contributed by atoms with Crippen LogP contribution in [-0.2, 0) is 22.5 Å². The highest BCUT2D eigenvalue weighted by molar-refractivity contribution is 6.37. The number of hydrogen-bond acceptors (Lipinski definition) is 5. The number of amides is 2. The molecule has 0 saturated carbocycles. The molecule has 1 aromatic carbocycles. The third-order valence-corrected chi connectivity index (χ3v) is 8.08. The highest BCUT2D eigenvalue weighted by atomic mass is 35.5. The minimum absolute atomic E-state index is 0.0629. The molecule has 2 N–H and O–H groups in total. The van der Waals surface area contributed by atoms with Gasteiger partial charge in [-0.15, -0.1) is 0 Å². The van der Waals surface area contributed by atoms with Crippen LogP contribution in [-0.4, -0.2) is 65.1 Å². The molecule has 3 heterocycles. The zero-order valence-electron chi connectivity index (χ0n) is 20.7. The third kappa shape index (κ3) is 5.05. The van der Waals surface area contributed by atoms with Crippen LogP contribution in [0.25, 0.3) is 0 Å². The van der Waals surface area contributed by atoms with E-state index in [9.17, 15) is 14.4 Å². The number of benzene rings is 1. The second kappa shape index (κ2) is 10.9. The Hall–Kier alpha value is -2.39. The first-order valence-electron chi connectivity index (χ1n) is 12.1. The van der Waals surface area contributed by atoms with Crippen LogP contribution < -0.4 is 5.56 Å². The van der Waals surface area contributed by atoms with E-state index in [2.05, 4.69) is 4.98 Å². The molecule has 2 aromatic rings. The Bertz CT molecular complexity index is 1240. The minimum atomic E-state index is -0.503. The van der Waals surface area contributed by atoms with E-state index in [0.29, 0.717) is 71.2 Å². The minimum Gasteiger partial charge on any atom is -0.387 e. The van der Waals surface area contributed by atoms with Gasteiger partial charge < -0.3 is 24.6 Å². The molecule has 1 unspecified atom stereocenters. The van der Waals surface area contributed by atoms with Crippen molar-refractivity contribution < 1.29 is 19.4 Å². The van der Waals surface area contributed by atoms with Gasteiger partial charge in [0.2, 0.25) is 5.91 Å². The largest absolute Gasteiger partial charge is 0.387 e. The summed E-state index contributed by atoms with van der Waals surface area (Å²) in [5.74, 6) is -0.485. The van der Waals surface area contributed by atoms with Gasteiger partial charge in [0, 0.05) is 48.6 Å². The number of piperidine rings is 1. The molecule has 1 saturated heterocycles. The lowest BCUT2D eigenvalue weighted by Gasteiger charge is -2.37. The van der Waals surface area contributed by atoms with Gasteiger partial charge in [-0.05, 0) is 62.3 Å². The van der Waals surface area contributed by atoms with Crippen molar-refractivity contribution in [2.75, 3.05) is 33.4 Å². The fraction of sp³-hybridized carbons (Fsp3) is 0.500. The van der Waals surface area contributed by atoms with Gasteiger partial charge in [-0.2, -0.15) is 0 Å². The Morgan fingerprint density at radius 1 is 1.19 bits per heavy atom. The number of fused-ring (bicyclic) bond motifs is 1. The monoisotopic (exact) mass is 535 g/mol. The number of carbonyl (C=O) groups is 2. The lowest BCUT2D eigenvalue weighted by Crippen LogP contribution is -2.41. The average Bonchev–Trinajstić information content (AvgIpc) is 2.85. The summed E-state index contributed by atoms with van der Waals surface area (Å²) in [7, 11) is 1.60. The molecule has 1 aromatic heterocycles. The fourth-order valence-electron chi connectivity index (χ4n) is 5.41. The Balaban J connectivity index is 1.63. The molecule has 2 aliphatic heterocycles. The number of methoxy groups -OCH3 is 1. The van der Waals surface area contributed by atoms with Crippen molar-refractivity contribution in [2.24, 2.45) is 5.92 Å². The topological polar surface area (TPSA) is 103 Å². The molecule has 36 heavy (non-hydrogen) atoms. The number of aliphatic hydroxyl groups excluding tert-OH is 1. The number of nitrogens with one attached hydrogen (secondary N) is 1. The number of aliphatic hydroxyl groups is 1. The van der Waals surface area contributed by atoms with E-state index in [1.54, 1.807) is 23.0 Å². The maximum absolute atomic E-state index is 13.6. The van der Waals surface area contributed by atoms with Crippen molar-refractivity contribution >= 4 is 35.0 Å². The standard InChI is InChI=1S/C26H31Cl2N3O5/c1-14-10-15(2)29-25(34)19(14)12-31-9-6-17-20(27)11-18(23(28)22(17)26(31)35)24(36-3)16-4-7-30(8-5-16)21(33)13-32/h10-11,16,24,32H,4-9,12-13H2,1-3H3,(H,29,34).